The molecular weight excluding hydrogens is 614 g/mol. The normalized spacial score (nSPS) is 46.1. The number of hydrogen-bond donors (Lipinski definition) is 10. The number of hydrogen-bond acceptors (Lipinski definition) is 11. The molecule has 0 aromatic carbocycles. The average molecular weight is 658 g/mol. The Morgan fingerprint density at radius 1 is 0.718 bits per heavy atom. The molecule has 0 aromatic rings. The Labute approximate surface area is 251 Å². The van der Waals surface area contributed by atoms with Crippen molar-refractivity contribution in [2.45, 2.75) is 105 Å². The van der Waals surface area contributed by atoms with Crippen LogP contribution in [0.15, 0.2) is 0 Å². The molecule has 18 N–H and O–H groups in total. The Hall–Kier alpha value is 0.560. The van der Waals surface area contributed by atoms with Crippen LogP contribution in [-0.4, -0.2) is 142 Å². The van der Waals surface area contributed by atoms with Crippen molar-refractivity contribution < 1.29 is 127 Å². The summed E-state index contributed by atoms with van der Waals surface area (Å²) in [5, 5.41) is 61.8. The van der Waals surface area contributed by atoms with Gasteiger partial charge in [0, 0.05) is 0 Å². The fourth-order valence-corrected chi connectivity index (χ4v) is 4.90. The molecule has 0 amide bonds. The van der Waals surface area contributed by atoms with Crippen molar-refractivity contribution in [2.75, 3.05) is 19.8 Å². The molecule has 0 spiro atoms. The van der Waals surface area contributed by atoms with E-state index in [2.05, 4.69) is 22.9 Å². The molecule has 3 fully saturated rings. The summed E-state index contributed by atoms with van der Waals surface area (Å²) < 4.78 is 29.1. The van der Waals surface area contributed by atoms with Gasteiger partial charge in [0.05, 0.1) is 25.7 Å². The highest BCUT2D eigenvalue weighted by Gasteiger charge is 2.54. The Balaban J connectivity index is 0. The zero-order valence-corrected chi connectivity index (χ0v) is 24.6. The van der Waals surface area contributed by atoms with Crippen LogP contribution in [0.25, 0.3) is 0 Å². The van der Waals surface area contributed by atoms with Crippen molar-refractivity contribution in [3.05, 3.63) is 0 Å². The van der Waals surface area contributed by atoms with Gasteiger partial charge in [0.15, 0.2) is 12.3 Å². The quantitative estimate of drug-likeness (QED) is 0.117. The molecular formula is C20H44Cl4N4O11. The first-order valence-electron chi connectivity index (χ1n) is 12.0. The number of ether oxygens (including phenoxy) is 5. The van der Waals surface area contributed by atoms with Gasteiger partial charge < -0.3 is 127 Å². The molecule has 238 valence electrons. The van der Waals surface area contributed by atoms with E-state index in [1.807, 2.05) is 0 Å². The molecule has 3 rings (SSSR count). The third kappa shape index (κ3) is 9.27. The number of rotatable bonds is 8. The van der Waals surface area contributed by atoms with Crippen molar-refractivity contribution in [1.82, 2.24) is 0 Å². The molecule has 0 bridgehead atoms. The number of aliphatic hydroxyl groups is 6. The summed E-state index contributed by atoms with van der Waals surface area (Å²) >= 11 is 0. The van der Waals surface area contributed by atoms with E-state index in [0.717, 1.165) is 0 Å². The van der Waals surface area contributed by atoms with Gasteiger partial charge in [0.1, 0.15) is 73.6 Å². The zero-order chi connectivity index (χ0) is 26.0. The minimum Gasteiger partial charge on any atom is -1.00 e. The number of halogens is 4. The van der Waals surface area contributed by atoms with E-state index in [1.54, 1.807) is 6.92 Å². The van der Waals surface area contributed by atoms with Gasteiger partial charge in [-0.2, -0.15) is 0 Å². The van der Waals surface area contributed by atoms with E-state index in [4.69, 9.17) is 28.8 Å². The van der Waals surface area contributed by atoms with Crippen LogP contribution in [0.2, 0.25) is 0 Å². The lowest BCUT2D eigenvalue weighted by molar-refractivity contribution is -0.537. The van der Waals surface area contributed by atoms with E-state index in [-0.39, 0.29) is 69.4 Å². The van der Waals surface area contributed by atoms with E-state index in [1.165, 1.54) is 0 Å². The molecule has 19 heteroatoms. The van der Waals surface area contributed by atoms with Crippen LogP contribution < -0.4 is 72.6 Å². The Bertz CT molecular complexity index is 685. The van der Waals surface area contributed by atoms with Gasteiger partial charge in [-0.15, -0.1) is 0 Å². The van der Waals surface area contributed by atoms with Crippen LogP contribution >= 0.6 is 0 Å². The molecule has 0 radical (unpaired) electrons. The molecule has 0 aromatic heterocycles. The summed E-state index contributed by atoms with van der Waals surface area (Å²) in [5.41, 5.74) is 15.7. The molecule has 15 atom stereocenters. The third-order valence-corrected chi connectivity index (χ3v) is 7.09. The predicted octanol–water partition coefficient (Wildman–Crippen LogP) is -21.1. The van der Waals surface area contributed by atoms with Crippen molar-refractivity contribution in [3.8, 4) is 0 Å². The highest BCUT2D eigenvalue weighted by molar-refractivity contribution is 4.97. The van der Waals surface area contributed by atoms with Gasteiger partial charge in [0.25, 0.3) is 0 Å². The largest absolute Gasteiger partial charge is 1.00 e. The first-order chi connectivity index (χ1) is 16.5. The fourth-order valence-electron chi connectivity index (χ4n) is 4.90. The van der Waals surface area contributed by atoms with Crippen LogP contribution in [0.4, 0.5) is 0 Å². The zero-order valence-electron chi connectivity index (χ0n) is 21.6. The monoisotopic (exact) mass is 656 g/mol. The van der Waals surface area contributed by atoms with Gasteiger partial charge in [-0.05, 0) is 6.92 Å². The summed E-state index contributed by atoms with van der Waals surface area (Å²) in [6.45, 7) is 1.35. The summed E-state index contributed by atoms with van der Waals surface area (Å²) in [6, 6.07) is -1.73. The minimum atomic E-state index is -1.44. The molecule has 0 unspecified atom stereocenters. The molecule has 2 heterocycles. The molecule has 1 aliphatic carbocycles. The maximum atomic E-state index is 11.0. The van der Waals surface area contributed by atoms with E-state index in [9.17, 15) is 25.5 Å². The van der Waals surface area contributed by atoms with Crippen molar-refractivity contribution >= 4 is 0 Å². The van der Waals surface area contributed by atoms with Gasteiger partial charge in [-0.1, -0.05) is 0 Å². The topological polar surface area (TPSA) is 278 Å². The standard InChI is InChI=1S/C20H40N4O11.4ClH/c1-6-11(26)17(31-3-2-25)15(30)20(32-6)35-18-12(27)7(22)4-8(23)16(18)34-19-10(24)14(29)13(28)9(5-21)33-19;;;;/h6-20,25-30H,2-5,21-24H2,1H3;4*1H/t6-,7-,8+,9-,10-,11-,12+,13-,14-,15-,16-,17+,18-,19-,20+;;;;/m1..../s1. The summed E-state index contributed by atoms with van der Waals surface area (Å²) in [6.07, 6.45) is -12.7. The first kappa shape index (κ1) is 41.7. The second-order valence-corrected chi connectivity index (χ2v) is 9.67. The van der Waals surface area contributed by atoms with Crippen LogP contribution in [0.3, 0.4) is 0 Å². The summed E-state index contributed by atoms with van der Waals surface area (Å²) in [5.74, 6) is 0. The molecule has 15 nitrogen and oxygen atoms in total. The van der Waals surface area contributed by atoms with E-state index >= 15 is 0 Å². The van der Waals surface area contributed by atoms with Gasteiger partial charge in [-0.25, -0.2) is 0 Å². The van der Waals surface area contributed by atoms with Crippen molar-refractivity contribution in [3.63, 3.8) is 0 Å². The minimum absolute atomic E-state index is 0. The van der Waals surface area contributed by atoms with Crippen LogP contribution in [0.1, 0.15) is 13.3 Å². The molecule has 2 aliphatic heterocycles. The SMILES string of the molecule is C[C@H]1O[C@@H](O[C@@H]2[C@@H](O)[C@H]([NH3+])C[C@H]([NH3+])[C@H]2O[C@H]2O[C@H](C[NH3+])[C@@H](O)[C@H](O)[C@H]2[NH3+])[C@H](O)[C@@H](OCCO)[C@@H]1O.[Cl-].[Cl-].[Cl-].[Cl-]. The first-order valence-corrected chi connectivity index (χ1v) is 12.0. The van der Waals surface area contributed by atoms with Gasteiger partial charge >= 0.3 is 0 Å². The lowest BCUT2D eigenvalue weighted by atomic mass is 9.84. The van der Waals surface area contributed by atoms with Crippen LogP contribution in [0.5, 0.6) is 0 Å². The van der Waals surface area contributed by atoms with Gasteiger partial charge in [0.2, 0.25) is 6.29 Å². The smallest absolute Gasteiger partial charge is 0.214 e. The Kier molecular flexibility index (Phi) is 19.5. The second-order valence-electron chi connectivity index (χ2n) is 9.67. The lowest BCUT2D eigenvalue weighted by Gasteiger charge is -2.46. The van der Waals surface area contributed by atoms with E-state index in [0.29, 0.717) is 6.42 Å². The van der Waals surface area contributed by atoms with Crippen LogP contribution in [0, 0.1) is 0 Å². The maximum absolute atomic E-state index is 11.0. The van der Waals surface area contributed by atoms with E-state index < -0.39 is 91.7 Å². The predicted molar refractivity (Wildman–Crippen MR) is 112 cm³/mol. The molecule has 2 saturated heterocycles. The summed E-state index contributed by atoms with van der Waals surface area (Å²) in [4.78, 5) is 0. The molecule has 1 saturated carbocycles. The molecule has 39 heavy (non-hydrogen) atoms. The highest BCUT2D eigenvalue weighted by atomic mass is 35.5. The van der Waals surface area contributed by atoms with Crippen molar-refractivity contribution in [2.24, 2.45) is 0 Å². The summed E-state index contributed by atoms with van der Waals surface area (Å²) in [7, 11) is 0. The number of quaternary nitrogens is 4. The highest BCUT2D eigenvalue weighted by Crippen LogP contribution is 2.31. The lowest BCUT2D eigenvalue weighted by Crippen LogP contribution is -3.00. The fraction of sp³-hybridized carbons (Fsp3) is 1.00. The van der Waals surface area contributed by atoms with Crippen LogP contribution in [-0.2, 0) is 23.7 Å². The third-order valence-electron chi connectivity index (χ3n) is 7.09. The molecule has 3 aliphatic rings. The second kappa shape index (κ2) is 18.3. The average Bonchev–Trinajstić information content (AvgIpc) is 2.82. The Morgan fingerprint density at radius 3 is 1.87 bits per heavy atom. The van der Waals surface area contributed by atoms with Gasteiger partial charge in [-0.3, -0.25) is 0 Å². The maximum Gasteiger partial charge on any atom is 0.214 e. The number of aliphatic hydroxyl groups excluding tert-OH is 6. The van der Waals surface area contributed by atoms with Crippen molar-refractivity contribution in [1.29, 1.82) is 0 Å². The Morgan fingerprint density at radius 2 is 1.31 bits per heavy atom.